The molecule has 1 heterocycles. The molecule has 0 bridgehead atoms. The van der Waals surface area contributed by atoms with Crippen LogP contribution in [0.4, 0.5) is 0 Å². The van der Waals surface area contributed by atoms with E-state index in [1.54, 1.807) is 0 Å². The van der Waals surface area contributed by atoms with E-state index in [1.807, 2.05) is 18.2 Å². The molecule has 0 radical (unpaired) electrons. The van der Waals surface area contributed by atoms with Crippen molar-refractivity contribution in [2.75, 3.05) is 6.61 Å². The largest absolute Gasteiger partial charge is 0.375 e. The Morgan fingerprint density at radius 1 is 1.54 bits per heavy atom. The van der Waals surface area contributed by atoms with E-state index in [4.69, 9.17) is 10.5 Å². The van der Waals surface area contributed by atoms with Crippen LogP contribution >= 0.6 is 0 Å². The Morgan fingerprint density at radius 3 is 3.15 bits per heavy atom. The maximum atomic E-state index is 5.95. The molecule has 1 aromatic carbocycles. The molecule has 2 nitrogen and oxygen atoms in total. The smallest absolute Gasteiger partial charge is 0.0721 e. The van der Waals surface area contributed by atoms with E-state index in [-0.39, 0.29) is 6.04 Å². The van der Waals surface area contributed by atoms with Gasteiger partial charge in [0.05, 0.1) is 19.3 Å². The van der Waals surface area contributed by atoms with Gasteiger partial charge in [0.1, 0.15) is 0 Å². The number of ether oxygens (including phenoxy) is 1. The van der Waals surface area contributed by atoms with Crippen LogP contribution in [0.15, 0.2) is 24.8 Å². The lowest BCUT2D eigenvalue weighted by molar-refractivity contribution is 0.0923. The summed E-state index contributed by atoms with van der Waals surface area (Å²) < 4.78 is 5.35. The lowest BCUT2D eigenvalue weighted by atomic mass is 9.94. The summed E-state index contributed by atoms with van der Waals surface area (Å²) in [6.45, 7) is 5.06. The second kappa shape index (κ2) is 3.32. The van der Waals surface area contributed by atoms with E-state index in [0.717, 1.165) is 5.56 Å². The predicted octanol–water partition coefficient (Wildman–Crippen LogP) is 1.86. The topological polar surface area (TPSA) is 35.2 Å². The Kier molecular flexibility index (Phi) is 2.17. The third-order valence-electron chi connectivity index (χ3n) is 2.38. The molecule has 1 atom stereocenters. The zero-order chi connectivity index (χ0) is 9.26. The molecule has 1 aliphatic rings. The fourth-order valence-electron chi connectivity index (χ4n) is 1.77. The van der Waals surface area contributed by atoms with Crippen molar-refractivity contribution in [3.8, 4) is 0 Å². The molecule has 2 N–H and O–H groups in total. The Bertz CT molecular complexity index is 333. The highest BCUT2D eigenvalue weighted by molar-refractivity contribution is 5.55. The minimum Gasteiger partial charge on any atom is -0.375 e. The van der Waals surface area contributed by atoms with E-state index >= 15 is 0 Å². The number of benzene rings is 1. The highest BCUT2D eigenvalue weighted by Gasteiger charge is 2.18. The summed E-state index contributed by atoms with van der Waals surface area (Å²) in [6.07, 6.45) is 1.85. The Labute approximate surface area is 78.0 Å². The van der Waals surface area contributed by atoms with Crippen molar-refractivity contribution in [3.63, 3.8) is 0 Å². The van der Waals surface area contributed by atoms with E-state index in [1.165, 1.54) is 11.1 Å². The number of nitrogens with two attached hydrogens (primary N) is 1. The van der Waals surface area contributed by atoms with Crippen molar-refractivity contribution < 1.29 is 4.74 Å². The number of rotatable bonds is 1. The van der Waals surface area contributed by atoms with E-state index in [2.05, 4.69) is 12.6 Å². The molecule has 0 unspecified atom stereocenters. The van der Waals surface area contributed by atoms with Crippen LogP contribution in [0.25, 0.3) is 6.08 Å². The first-order valence-electron chi connectivity index (χ1n) is 4.40. The zero-order valence-electron chi connectivity index (χ0n) is 7.49. The molecule has 0 saturated carbocycles. The standard InChI is InChI=1S/C11H13NO/c1-2-8-4-3-5-9-6-13-7-10(12)11(8)9/h2-5,10H,1,6-7,12H2/t10-/m1/s1. The van der Waals surface area contributed by atoms with Gasteiger partial charge >= 0.3 is 0 Å². The molecule has 68 valence electrons. The van der Waals surface area contributed by atoms with Gasteiger partial charge in [-0.3, -0.25) is 0 Å². The predicted molar refractivity (Wildman–Crippen MR) is 53.1 cm³/mol. The van der Waals surface area contributed by atoms with Crippen LogP contribution < -0.4 is 5.73 Å². The van der Waals surface area contributed by atoms with Gasteiger partial charge in [-0.15, -0.1) is 0 Å². The van der Waals surface area contributed by atoms with E-state index < -0.39 is 0 Å². The maximum Gasteiger partial charge on any atom is 0.0721 e. The van der Waals surface area contributed by atoms with Gasteiger partial charge in [0.25, 0.3) is 0 Å². The maximum absolute atomic E-state index is 5.95. The van der Waals surface area contributed by atoms with Crippen molar-refractivity contribution in [1.29, 1.82) is 0 Å². The van der Waals surface area contributed by atoms with Gasteiger partial charge in [-0.1, -0.05) is 30.9 Å². The summed E-state index contributed by atoms with van der Waals surface area (Å²) in [5.41, 5.74) is 9.47. The molecule has 0 saturated heterocycles. The Hall–Kier alpha value is -1.12. The van der Waals surface area contributed by atoms with Crippen LogP contribution in [0, 0.1) is 0 Å². The first-order valence-corrected chi connectivity index (χ1v) is 4.40. The van der Waals surface area contributed by atoms with Crippen molar-refractivity contribution in [2.24, 2.45) is 5.73 Å². The molecule has 0 fully saturated rings. The van der Waals surface area contributed by atoms with Gasteiger partial charge in [0.2, 0.25) is 0 Å². The molecule has 1 aromatic rings. The normalized spacial score (nSPS) is 20.8. The Balaban J connectivity index is 2.56. The summed E-state index contributed by atoms with van der Waals surface area (Å²) in [7, 11) is 0. The van der Waals surface area contributed by atoms with Crippen LogP contribution in [0.2, 0.25) is 0 Å². The quantitative estimate of drug-likeness (QED) is 0.707. The molecule has 2 rings (SSSR count). The lowest BCUT2D eigenvalue weighted by Crippen LogP contribution is -2.24. The van der Waals surface area contributed by atoms with Gasteiger partial charge < -0.3 is 10.5 Å². The minimum atomic E-state index is -0.00190. The molecule has 2 heteroatoms. The zero-order valence-corrected chi connectivity index (χ0v) is 7.49. The average Bonchev–Trinajstić information content (AvgIpc) is 2.17. The van der Waals surface area contributed by atoms with Crippen LogP contribution in [0.3, 0.4) is 0 Å². The molecule has 13 heavy (non-hydrogen) atoms. The molecule has 0 amide bonds. The van der Waals surface area contributed by atoms with Crippen molar-refractivity contribution in [2.45, 2.75) is 12.6 Å². The Morgan fingerprint density at radius 2 is 2.38 bits per heavy atom. The third-order valence-corrected chi connectivity index (χ3v) is 2.38. The highest BCUT2D eigenvalue weighted by atomic mass is 16.5. The summed E-state index contributed by atoms with van der Waals surface area (Å²) in [6, 6.07) is 6.10. The van der Waals surface area contributed by atoms with Gasteiger partial charge in [-0.05, 0) is 16.7 Å². The average molecular weight is 175 g/mol. The summed E-state index contributed by atoms with van der Waals surface area (Å²) >= 11 is 0. The first kappa shape index (κ1) is 8.48. The monoisotopic (exact) mass is 175 g/mol. The molecule has 0 aromatic heterocycles. The molecule has 0 aliphatic carbocycles. The third kappa shape index (κ3) is 1.39. The fraction of sp³-hybridized carbons (Fsp3) is 0.273. The number of fused-ring (bicyclic) bond motifs is 1. The lowest BCUT2D eigenvalue weighted by Gasteiger charge is -2.24. The van der Waals surface area contributed by atoms with Gasteiger partial charge in [0.15, 0.2) is 0 Å². The van der Waals surface area contributed by atoms with Crippen molar-refractivity contribution in [3.05, 3.63) is 41.5 Å². The molecular formula is C11H13NO. The second-order valence-electron chi connectivity index (χ2n) is 3.25. The van der Waals surface area contributed by atoms with Gasteiger partial charge in [-0.2, -0.15) is 0 Å². The van der Waals surface area contributed by atoms with Gasteiger partial charge in [-0.25, -0.2) is 0 Å². The number of hydrogen-bond donors (Lipinski definition) is 1. The molecular weight excluding hydrogens is 162 g/mol. The second-order valence-corrected chi connectivity index (χ2v) is 3.25. The van der Waals surface area contributed by atoms with Gasteiger partial charge in [0, 0.05) is 0 Å². The summed E-state index contributed by atoms with van der Waals surface area (Å²) in [5.74, 6) is 0. The van der Waals surface area contributed by atoms with Crippen LogP contribution in [-0.2, 0) is 11.3 Å². The SMILES string of the molecule is C=Cc1cccc2c1[C@H](N)COC2. The molecule has 1 aliphatic heterocycles. The van der Waals surface area contributed by atoms with E-state index in [9.17, 15) is 0 Å². The fourth-order valence-corrected chi connectivity index (χ4v) is 1.77. The van der Waals surface area contributed by atoms with Crippen molar-refractivity contribution in [1.82, 2.24) is 0 Å². The van der Waals surface area contributed by atoms with Crippen LogP contribution in [-0.4, -0.2) is 6.61 Å². The first-order chi connectivity index (χ1) is 6.33. The highest BCUT2D eigenvalue weighted by Crippen LogP contribution is 2.26. The summed E-state index contributed by atoms with van der Waals surface area (Å²) in [5, 5.41) is 0. The van der Waals surface area contributed by atoms with Crippen LogP contribution in [0.1, 0.15) is 22.7 Å². The van der Waals surface area contributed by atoms with Crippen LogP contribution in [0.5, 0.6) is 0 Å². The number of hydrogen-bond acceptors (Lipinski definition) is 2. The van der Waals surface area contributed by atoms with E-state index in [0.29, 0.717) is 13.2 Å². The minimum absolute atomic E-state index is 0.00190. The summed E-state index contributed by atoms with van der Waals surface area (Å²) in [4.78, 5) is 0. The molecule has 0 spiro atoms. The van der Waals surface area contributed by atoms with Crippen molar-refractivity contribution >= 4 is 6.08 Å².